The summed E-state index contributed by atoms with van der Waals surface area (Å²) in [7, 11) is 0. The summed E-state index contributed by atoms with van der Waals surface area (Å²) in [6.07, 6.45) is -3.94. The lowest BCUT2D eigenvalue weighted by atomic mass is 9.42. The number of carboxylic acids is 1. The second-order valence-corrected chi connectivity index (χ2v) is 13.9. The fourth-order valence-corrected chi connectivity index (χ4v) is 9.80. The van der Waals surface area contributed by atoms with E-state index in [-0.39, 0.29) is 65.2 Å². The first kappa shape index (κ1) is 30.5. The van der Waals surface area contributed by atoms with E-state index < -0.39 is 48.1 Å². The van der Waals surface area contributed by atoms with E-state index in [1.807, 2.05) is 0 Å². The smallest absolute Gasteiger partial charge is 0.335 e. The number of aliphatic hydroxyl groups excluding tert-OH is 3. The van der Waals surface area contributed by atoms with Crippen LogP contribution >= 0.6 is 0 Å². The van der Waals surface area contributed by atoms with Crippen LogP contribution in [0.3, 0.4) is 0 Å². The highest BCUT2D eigenvalue weighted by Gasteiger charge is 2.65. The van der Waals surface area contributed by atoms with Gasteiger partial charge in [-0.1, -0.05) is 20.8 Å². The van der Waals surface area contributed by atoms with Crippen molar-refractivity contribution in [3.05, 3.63) is 0 Å². The predicted octanol–water partition coefficient (Wildman–Crippen LogP) is 1.48. The Morgan fingerprint density at radius 1 is 0.976 bits per heavy atom. The molecule has 5 rings (SSSR count). The Morgan fingerprint density at radius 2 is 1.68 bits per heavy atom. The molecule has 0 aromatic rings. The molecule has 0 amide bonds. The van der Waals surface area contributed by atoms with Crippen LogP contribution in [0.4, 0.5) is 0 Å². The van der Waals surface area contributed by atoms with Gasteiger partial charge in [0.1, 0.15) is 30.7 Å². The van der Waals surface area contributed by atoms with Crippen LogP contribution in [-0.2, 0) is 33.4 Å². The molecule has 0 aromatic heterocycles. The van der Waals surface area contributed by atoms with E-state index in [4.69, 9.17) is 14.2 Å². The number of rotatable bonds is 6. The van der Waals surface area contributed by atoms with E-state index >= 15 is 0 Å². The largest absolute Gasteiger partial charge is 0.479 e. The molecule has 0 spiro atoms. The van der Waals surface area contributed by atoms with Crippen molar-refractivity contribution in [1.82, 2.24) is 0 Å². The SMILES string of the molecule is CC(=O)OCC(=O)[C@H]1CCC2C3C[C@H](C)[C@@H]4C[C@H](OC5O[C@H](C(=O)O)[C@@H](O)[C@H](O)[C@H]5O)CC[C@]4(C)C3C(=O)C[C@@]21C. The van der Waals surface area contributed by atoms with Gasteiger partial charge in [-0.15, -0.1) is 0 Å². The van der Waals surface area contributed by atoms with Gasteiger partial charge in [0, 0.05) is 25.2 Å². The maximum atomic E-state index is 14.0. The highest BCUT2D eigenvalue weighted by molar-refractivity contribution is 5.89. The zero-order valence-electron chi connectivity index (χ0n) is 24.2. The molecule has 0 radical (unpaired) electrons. The van der Waals surface area contributed by atoms with Crippen LogP contribution < -0.4 is 0 Å². The number of carbonyl (C=O) groups excluding carboxylic acids is 3. The molecule has 4 unspecified atom stereocenters. The number of aliphatic hydroxyl groups is 3. The molecule has 4 saturated carbocycles. The van der Waals surface area contributed by atoms with Crippen LogP contribution in [0.1, 0.15) is 72.6 Å². The van der Waals surface area contributed by atoms with E-state index in [0.29, 0.717) is 32.1 Å². The summed E-state index contributed by atoms with van der Waals surface area (Å²) in [5.41, 5.74) is -0.717. The summed E-state index contributed by atoms with van der Waals surface area (Å²) in [6.45, 7) is 7.51. The minimum absolute atomic E-state index is 0.100. The number of esters is 1. The van der Waals surface area contributed by atoms with Crippen molar-refractivity contribution >= 4 is 23.5 Å². The van der Waals surface area contributed by atoms with Gasteiger partial charge in [-0.2, -0.15) is 0 Å². The van der Waals surface area contributed by atoms with Crippen LogP contribution in [0, 0.1) is 46.3 Å². The van der Waals surface area contributed by atoms with Crippen molar-refractivity contribution < 1.29 is 53.8 Å². The van der Waals surface area contributed by atoms with Gasteiger partial charge in [-0.05, 0) is 73.0 Å². The molecule has 1 heterocycles. The Morgan fingerprint density at radius 3 is 2.34 bits per heavy atom. The summed E-state index contributed by atoms with van der Waals surface area (Å²) in [6, 6.07) is 0. The van der Waals surface area contributed by atoms with E-state index in [9.17, 15) is 39.6 Å². The molecule has 41 heavy (non-hydrogen) atoms. The Balaban J connectivity index is 1.31. The summed E-state index contributed by atoms with van der Waals surface area (Å²) in [4.78, 5) is 49.9. The van der Waals surface area contributed by atoms with Crippen molar-refractivity contribution in [3.8, 4) is 0 Å². The summed E-state index contributed by atoms with van der Waals surface area (Å²) in [5.74, 6) is -1.47. The molecular formula is C30H44O11. The zero-order chi connectivity index (χ0) is 30.0. The number of aliphatic carboxylic acids is 1. The van der Waals surface area contributed by atoms with Crippen molar-refractivity contribution in [3.63, 3.8) is 0 Å². The topological polar surface area (TPSA) is 177 Å². The molecule has 11 nitrogen and oxygen atoms in total. The highest BCUT2D eigenvalue weighted by Crippen LogP contribution is 2.67. The highest BCUT2D eigenvalue weighted by atomic mass is 16.7. The zero-order valence-corrected chi connectivity index (χ0v) is 24.2. The molecule has 0 aromatic carbocycles. The fourth-order valence-electron chi connectivity index (χ4n) is 9.80. The number of ether oxygens (including phenoxy) is 3. The molecule has 14 atom stereocenters. The number of hydrogen-bond acceptors (Lipinski definition) is 10. The van der Waals surface area contributed by atoms with Gasteiger partial charge in [0.25, 0.3) is 0 Å². The average molecular weight is 581 g/mol. The van der Waals surface area contributed by atoms with Crippen LogP contribution in [0.5, 0.6) is 0 Å². The van der Waals surface area contributed by atoms with E-state index in [1.165, 1.54) is 6.92 Å². The molecule has 1 saturated heterocycles. The molecule has 4 N–H and O–H groups in total. The molecule has 11 heteroatoms. The van der Waals surface area contributed by atoms with Crippen LogP contribution in [0.25, 0.3) is 0 Å². The van der Waals surface area contributed by atoms with Gasteiger partial charge in [0.05, 0.1) is 6.10 Å². The van der Waals surface area contributed by atoms with Gasteiger partial charge in [0.2, 0.25) is 0 Å². The normalized spacial score (nSPS) is 49.4. The number of Topliss-reactive ketones (excluding diaryl/α,β-unsaturated/α-hetero) is 2. The average Bonchev–Trinajstić information content (AvgIpc) is 3.24. The van der Waals surface area contributed by atoms with Crippen molar-refractivity contribution in [2.24, 2.45) is 46.3 Å². The first-order valence-electron chi connectivity index (χ1n) is 15.0. The maximum absolute atomic E-state index is 14.0. The summed E-state index contributed by atoms with van der Waals surface area (Å²) in [5, 5.41) is 40.0. The fraction of sp³-hybridized carbons (Fsp3) is 0.867. The Kier molecular flexibility index (Phi) is 8.17. The van der Waals surface area contributed by atoms with Crippen LogP contribution in [-0.4, -0.2) is 87.3 Å². The second-order valence-electron chi connectivity index (χ2n) is 13.9. The summed E-state index contributed by atoms with van der Waals surface area (Å²) < 4.78 is 16.4. The van der Waals surface area contributed by atoms with Crippen molar-refractivity contribution in [2.45, 2.75) is 109 Å². The number of hydrogen-bond donors (Lipinski definition) is 4. The molecule has 230 valence electrons. The number of carboxylic acid groups (broad SMARTS) is 1. The number of fused-ring (bicyclic) bond motifs is 5. The molecule has 5 fully saturated rings. The van der Waals surface area contributed by atoms with Gasteiger partial charge < -0.3 is 34.6 Å². The lowest BCUT2D eigenvalue weighted by Gasteiger charge is -2.62. The van der Waals surface area contributed by atoms with E-state index in [1.54, 1.807) is 0 Å². The van der Waals surface area contributed by atoms with E-state index in [2.05, 4.69) is 20.8 Å². The molecular weight excluding hydrogens is 536 g/mol. The standard InChI is InChI=1S/C30H44O11/c1-13-9-16-17-5-6-18(21(33)12-39-14(2)31)30(17,4)11-20(32)22(16)29(3)8-7-15(10-19(13)29)40-28-25(36)23(34)24(35)26(41-28)27(37)38/h13,15-19,22-26,28,34-36H,5-12H2,1-4H3,(H,37,38)/t13-,15+,16?,17?,18+,19-,22?,23-,24-,25+,26-,28?,29-,30-/m0/s1. The van der Waals surface area contributed by atoms with Gasteiger partial charge in [0.15, 0.2) is 18.2 Å². The minimum Gasteiger partial charge on any atom is -0.479 e. The number of carbonyl (C=O) groups is 4. The Bertz CT molecular complexity index is 1080. The monoisotopic (exact) mass is 580 g/mol. The summed E-state index contributed by atoms with van der Waals surface area (Å²) >= 11 is 0. The first-order valence-corrected chi connectivity index (χ1v) is 15.0. The van der Waals surface area contributed by atoms with Crippen LogP contribution in [0.15, 0.2) is 0 Å². The second kappa shape index (κ2) is 11.0. The lowest BCUT2D eigenvalue weighted by molar-refractivity contribution is -0.310. The molecule has 1 aliphatic heterocycles. The number of ketones is 2. The van der Waals surface area contributed by atoms with Gasteiger partial charge in [-0.25, -0.2) is 4.79 Å². The minimum atomic E-state index is -1.78. The Hall–Kier alpha value is -1.92. The molecule has 5 aliphatic rings. The van der Waals surface area contributed by atoms with Crippen molar-refractivity contribution in [2.75, 3.05) is 6.61 Å². The van der Waals surface area contributed by atoms with Gasteiger partial charge >= 0.3 is 11.9 Å². The lowest BCUT2D eigenvalue weighted by Crippen LogP contribution is -2.62. The third-order valence-corrected chi connectivity index (χ3v) is 11.6. The van der Waals surface area contributed by atoms with Crippen molar-refractivity contribution in [1.29, 1.82) is 0 Å². The maximum Gasteiger partial charge on any atom is 0.335 e. The first-order chi connectivity index (χ1) is 19.2. The quantitative estimate of drug-likeness (QED) is 0.264. The third kappa shape index (κ3) is 5.05. The predicted molar refractivity (Wildman–Crippen MR) is 141 cm³/mol. The molecule has 0 bridgehead atoms. The molecule has 4 aliphatic carbocycles. The van der Waals surface area contributed by atoms with E-state index in [0.717, 1.165) is 12.8 Å². The van der Waals surface area contributed by atoms with Gasteiger partial charge in [-0.3, -0.25) is 14.4 Å². The third-order valence-electron chi connectivity index (χ3n) is 11.6. The van der Waals surface area contributed by atoms with Crippen LogP contribution in [0.2, 0.25) is 0 Å². The Labute approximate surface area is 239 Å².